The molecule has 136 valence electrons. The molecule has 1 aliphatic heterocycles. The molecule has 5 heteroatoms. The highest BCUT2D eigenvalue weighted by Crippen LogP contribution is 2.27. The van der Waals surface area contributed by atoms with Gasteiger partial charge in [0, 0.05) is 19.1 Å². The van der Waals surface area contributed by atoms with E-state index in [-0.39, 0.29) is 24.2 Å². The van der Waals surface area contributed by atoms with Crippen molar-refractivity contribution >= 4 is 29.1 Å². The number of nitrogens with zero attached hydrogens (tertiary/aromatic N) is 1. The Morgan fingerprint density at radius 2 is 1.96 bits per heavy atom. The summed E-state index contributed by atoms with van der Waals surface area (Å²) < 4.78 is 5.27. The lowest BCUT2D eigenvalue weighted by Crippen LogP contribution is -2.48. The number of fused-ring (bicyclic) bond motifs is 1. The number of hydrogen-bond donors (Lipinski definition) is 1. The van der Waals surface area contributed by atoms with E-state index in [2.05, 4.69) is 23.5 Å². The normalized spacial score (nSPS) is 18.5. The van der Waals surface area contributed by atoms with Crippen LogP contribution in [0.15, 0.2) is 36.4 Å². The molecule has 1 saturated heterocycles. The van der Waals surface area contributed by atoms with E-state index in [0.29, 0.717) is 6.04 Å². The minimum Gasteiger partial charge on any atom is -0.497 e. The van der Waals surface area contributed by atoms with Crippen molar-refractivity contribution in [2.24, 2.45) is 0 Å². The molecule has 2 atom stereocenters. The molecule has 25 heavy (non-hydrogen) atoms. The lowest BCUT2D eigenvalue weighted by molar-refractivity contribution is -0.133. The van der Waals surface area contributed by atoms with Crippen LogP contribution in [-0.2, 0) is 4.79 Å². The summed E-state index contributed by atoms with van der Waals surface area (Å²) in [6, 6.07) is 12.7. The van der Waals surface area contributed by atoms with Gasteiger partial charge in [-0.2, -0.15) is 0 Å². The molecular weight excluding hydrogens is 336 g/mol. The largest absolute Gasteiger partial charge is 0.497 e. The number of piperidine rings is 1. The topological polar surface area (TPSA) is 41.6 Å². The van der Waals surface area contributed by atoms with Gasteiger partial charge in [0.25, 0.3) is 0 Å². The Morgan fingerprint density at radius 1 is 1.24 bits per heavy atom. The van der Waals surface area contributed by atoms with Crippen LogP contribution in [-0.4, -0.2) is 44.1 Å². The third kappa shape index (κ3) is 4.25. The highest BCUT2D eigenvalue weighted by Gasteiger charge is 2.26. The number of likely N-dealkylation sites (tertiary alicyclic amines) is 1. The predicted molar refractivity (Wildman–Crippen MR) is 105 cm³/mol. The number of likely N-dealkylation sites (N-methyl/N-ethyl adjacent to an activating group) is 1. The summed E-state index contributed by atoms with van der Waals surface area (Å²) in [6.07, 6.45) is 2.22. The van der Waals surface area contributed by atoms with Gasteiger partial charge in [-0.05, 0) is 55.3 Å². The van der Waals surface area contributed by atoms with E-state index < -0.39 is 0 Å². The number of nitrogens with one attached hydrogen (secondary N) is 1. The number of hydrogen-bond acceptors (Lipinski definition) is 3. The summed E-state index contributed by atoms with van der Waals surface area (Å²) in [4.78, 5) is 14.9. The van der Waals surface area contributed by atoms with Gasteiger partial charge in [-0.1, -0.05) is 24.3 Å². The van der Waals surface area contributed by atoms with Crippen LogP contribution in [0.2, 0.25) is 0 Å². The maximum absolute atomic E-state index is 12.9. The summed E-state index contributed by atoms with van der Waals surface area (Å²) >= 11 is 0. The SMILES string of the molecule is CNC1CCCN(C(=O)C(C)c2ccc3cc(OC)ccc3c2)C1.Cl. The average molecular weight is 363 g/mol. The summed E-state index contributed by atoms with van der Waals surface area (Å²) in [5, 5.41) is 5.57. The highest BCUT2D eigenvalue weighted by molar-refractivity contribution is 5.88. The number of rotatable bonds is 4. The van der Waals surface area contributed by atoms with E-state index in [0.717, 1.165) is 48.0 Å². The highest BCUT2D eigenvalue weighted by atomic mass is 35.5. The number of halogens is 1. The van der Waals surface area contributed by atoms with Crippen molar-refractivity contribution in [1.82, 2.24) is 10.2 Å². The predicted octanol–water partition coefficient (Wildman–Crippen LogP) is 3.58. The molecule has 1 aliphatic rings. The molecule has 0 bridgehead atoms. The molecule has 3 rings (SSSR count). The van der Waals surface area contributed by atoms with Crippen LogP contribution in [0.4, 0.5) is 0 Å². The first kappa shape index (κ1) is 19.5. The molecule has 4 nitrogen and oxygen atoms in total. The van der Waals surface area contributed by atoms with Gasteiger partial charge in [0.15, 0.2) is 0 Å². The Balaban J connectivity index is 0.00000225. The zero-order valence-electron chi connectivity index (χ0n) is 15.1. The van der Waals surface area contributed by atoms with Crippen molar-refractivity contribution in [3.05, 3.63) is 42.0 Å². The first-order chi connectivity index (χ1) is 11.6. The van der Waals surface area contributed by atoms with Crippen LogP contribution >= 0.6 is 12.4 Å². The zero-order valence-corrected chi connectivity index (χ0v) is 15.9. The maximum atomic E-state index is 12.9. The number of ether oxygens (including phenoxy) is 1. The Labute approximate surface area is 155 Å². The molecule has 2 aromatic carbocycles. The van der Waals surface area contributed by atoms with Crippen molar-refractivity contribution in [3.8, 4) is 5.75 Å². The fourth-order valence-electron chi connectivity index (χ4n) is 3.47. The van der Waals surface area contributed by atoms with Gasteiger partial charge in [0.2, 0.25) is 5.91 Å². The first-order valence-electron chi connectivity index (χ1n) is 8.66. The van der Waals surface area contributed by atoms with Gasteiger partial charge >= 0.3 is 0 Å². The van der Waals surface area contributed by atoms with Gasteiger partial charge in [0.05, 0.1) is 13.0 Å². The molecule has 0 aliphatic carbocycles. The molecule has 0 aromatic heterocycles. The van der Waals surface area contributed by atoms with Crippen LogP contribution in [0.3, 0.4) is 0 Å². The minimum atomic E-state index is -0.118. The third-order valence-electron chi connectivity index (χ3n) is 5.08. The lowest BCUT2D eigenvalue weighted by atomic mass is 9.95. The molecular formula is C20H27ClN2O2. The Hall–Kier alpha value is -1.78. The second-order valence-corrected chi connectivity index (χ2v) is 6.61. The molecule has 0 spiro atoms. The van der Waals surface area contributed by atoms with Crippen LogP contribution in [0, 0.1) is 0 Å². The number of amides is 1. The number of methoxy groups -OCH3 is 1. The van der Waals surface area contributed by atoms with E-state index in [9.17, 15) is 4.79 Å². The summed E-state index contributed by atoms with van der Waals surface area (Å²) in [5.74, 6) is 0.959. The molecule has 1 amide bonds. The zero-order chi connectivity index (χ0) is 17.1. The minimum absolute atomic E-state index is 0. The molecule has 0 saturated carbocycles. The summed E-state index contributed by atoms with van der Waals surface area (Å²) in [5.41, 5.74) is 1.07. The monoisotopic (exact) mass is 362 g/mol. The first-order valence-corrected chi connectivity index (χ1v) is 8.66. The Kier molecular flexibility index (Phi) is 6.68. The Morgan fingerprint density at radius 3 is 2.68 bits per heavy atom. The average Bonchev–Trinajstić information content (AvgIpc) is 2.65. The van der Waals surface area contributed by atoms with Crippen LogP contribution < -0.4 is 10.1 Å². The van der Waals surface area contributed by atoms with Gasteiger partial charge in [-0.3, -0.25) is 4.79 Å². The summed E-state index contributed by atoms with van der Waals surface area (Å²) in [6.45, 7) is 3.69. The molecule has 2 aromatic rings. The van der Waals surface area contributed by atoms with Crippen molar-refractivity contribution < 1.29 is 9.53 Å². The standard InChI is InChI=1S/C20H26N2O2.ClH/c1-14(20(23)22-10-4-5-18(13-22)21-2)15-6-7-17-12-19(24-3)9-8-16(17)11-15;/h6-9,11-12,14,18,21H,4-5,10,13H2,1-3H3;1H. The van der Waals surface area contributed by atoms with Gasteiger partial charge in [-0.25, -0.2) is 0 Å². The van der Waals surface area contributed by atoms with E-state index >= 15 is 0 Å². The number of benzene rings is 2. The van der Waals surface area contributed by atoms with Crippen molar-refractivity contribution in [2.75, 3.05) is 27.2 Å². The number of carbonyl (C=O) groups is 1. The van der Waals surface area contributed by atoms with Crippen LogP contribution in [0.5, 0.6) is 5.75 Å². The van der Waals surface area contributed by atoms with E-state index in [1.807, 2.05) is 37.1 Å². The number of carbonyl (C=O) groups excluding carboxylic acids is 1. The molecule has 2 unspecified atom stereocenters. The quantitative estimate of drug-likeness (QED) is 0.903. The molecule has 1 heterocycles. The second kappa shape index (κ2) is 8.54. The van der Waals surface area contributed by atoms with Crippen LogP contribution in [0.25, 0.3) is 10.8 Å². The van der Waals surface area contributed by atoms with Crippen molar-refractivity contribution in [1.29, 1.82) is 0 Å². The molecule has 1 N–H and O–H groups in total. The lowest BCUT2D eigenvalue weighted by Gasteiger charge is -2.34. The van der Waals surface area contributed by atoms with Gasteiger partial charge in [-0.15, -0.1) is 12.4 Å². The molecule has 0 radical (unpaired) electrons. The van der Waals surface area contributed by atoms with Crippen LogP contribution in [0.1, 0.15) is 31.2 Å². The van der Waals surface area contributed by atoms with E-state index in [4.69, 9.17) is 4.74 Å². The van der Waals surface area contributed by atoms with Gasteiger partial charge in [0.1, 0.15) is 5.75 Å². The fourth-order valence-corrected chi connectivity index (χ4v) is 3.47. The van der Waals surface area contributed by atoms with E-state index in [1.54, 1.807) is 7.11 Å². The van der Waals surface area contributed by atoms with Crippen molar-refractivity contribution in [2.45, 2.75) is 31.7 Å². The Bertz CT molecular complexity index is 735. The fraction of sp³-hybridized carbons (Fsp3) is 0.450. The van der Waals surface area contributed by atoms with Gasteiger partial charge < -0.3 is 15.0 Å². The summed E-state index contributed by atoms with van der Waals surface area (Å²) in [7, 11) is 3.65. The smallest absolute Gasteiger partial charge is 0.229 e. The third-order valence-corrected chi connectivity index (χ3v) is 5.08. The second-order valence-electron chi connectivity index (χ2n) is 6.61. The van der Waals surface area contributed by atoms with Crippen molar-refractivity contribution in [3.63, 3.8) is 0 Å². The maximum Gasteiger partial charge on any atom is 0.229 e. The molecule has 1 fully saturated rings. The van der Waals surface area contributed by atoms with E-state index in [1.165, 1.54) is 0 Å².